The van der Waals surface area contributed by atoms with E-state index in [1.807, 2.05) is 0 Å². The number of unbranched alkanes of at least 4 members (excludes halogenated alkanes) is 18. The number of aliphatic hydroxyl groups is 1. The van der Waals surface area contributed by atoms with Gasteiger partial charge in [0.25, 0.3) is 0 Å². The van der Waals surface area contributed by atoms with Gasteiger partial charge < -0.3 is 14.6 Å². The van der Waals surface area contributed by atoms with Crippen molar-refractivity contribution >= 4 is 11.9 Å². The second-order valence-electron chi connectivity index (χ2n) is 15.4. The lowest BCUT2D eigenvalue weighted by molar-refractivity contribution is -0.161. The van der Waals surface area contributed by atoms with Gasteiger partial charge in [-0.05, 0) is 89.9 Å². The first-order chi connectivity index (χ1) is 28.6. The molecule has 0 bridgehead atoms. The average molecular weight is 805 g/mol. The zero-order chi connectivity index (χ0) is 42.1. The number of hydrogen-bond donors (Lipinski definition) is 1. The number of aliphatic hydroxyl groups excluding tert-OH is 1. The summed E-state index contributed by atoms with van der Waals surface area (Å²) in [4.78, 5) is 24.4. The molecule has 1 atom stereocenters. The third-order valence-corrected chi connectivity index (χ3v) is 9.87. The second kappa shape index (κ2) is 48.2. The molecule has 0 aromatic heterocycles. The van der Waals surface area contributed by atoms with Crippen molar-refractivity contribution in [3.8, 4) is 0 Å². The Morgan fingerprint density at radius 1 is 0.397 bits per heavy atom. The number of carbonyl (C=O) groups is 2. The molecule has 0 spiro atoms. The molecule has 5 nitrogen and oxygen atoms in total. The van der Waals surface area contributed by atoms with E-state index in [0.29, 0.717) is 12.8 Å². The van der Waals surface area contributed by atoms with Crippen molar-refractivity contribution in [1.82, 2.24) is 0 Å². The fourth-order valence-corrected chi connectivity index (χ4v) is 6.36. The summed E-state index contributed by atoms with van der Waals surface area (Å²) in [5.41, 5.74) is 0. The second-order valence-corrected chi connectivity index (χ2v) is 15.4. The van der Waals surface area contributed by atoms with E-state index in [1.165, 1.54) is 83.5 Å². The summed E-state index contributed by atoms with van der Waals surface area (Å²) in [7, 11) is 0. The van der Waals surface area contributed by atoms with Crippen LogP contribution in [-0.4, -0.2) is 36.4 Å². The van der Waals surface area contributed by atoms with Gasteiger partial charge in [-0.1, -0.05) is 201 Å². The van der Waals surface area contributed by atoms with Crippen molar-refractivity contribution in [3.05, 3.63) is 97.2 Å². The number of rotatable bonds is 42. The predicted octanol–water partition coefficient (Wildman–Crippen LogP) is 15.6. The van der Waals surface area contributed by atoms with Crippen LogP contribution in [0.25, 0.3) is 0 Å². The van der Waals surface area contributed by atoms with Crippen LogP contribution in [0.1, 0.15) is 206 Å². The molecule has 0 amide bonds. The van der Waals surface area contributed by atoms with Crippen LogP contribution in [0.2, 0.25) is 0 Å². The lowest BCUT2D eigenvalue weighted by Gasteiger charge is -2.15. The normalized spacial score (nSPS) is 13.1. The number of allylic oxidation sites excluding steroid dienone is 16. The lowest BCUT2D eigenvalue weighted by atomic mass is 10.0. The summed E-state index contributed by atoms with van der Waals surface area (Å²) in [6.07, 6.45) is 67.7. The topological polar surface area (TPSA) is 72.8 Å². The van der Waals surface area contributed by atoms with Gasteiger partial charge in [0.05, 0.1) is 6.61 Å². The predicted molar refractivity (Wildman–Crippen MR) is 251 cm³/mol. The Morgan fingerprint density at radius 3 is 1.03 bits per heavy atom. The minimum atomic E-state index is -0.784. The van der Waals surface area contributed by atoms with Crippen molar-refractivity contribution < 1.29 is 24.2 Å². The Balaban J connectivity index is 3.56. The van der Waals surface area contributed by atoms with Crippen LogP contribution in [0.5, 0.6) is 0 Å². The quantitative estimate of drug-likeness (QED) is 0.0378. The summed E-state index contributed by atoms with van der Waals surface area (Å²) >= 11 is 0. The first-order valence-corrected chi connectivity index (χ1v) is 23.8. The van der Waals surface area contributed by atoms with E-state index in [1.54, 1.807) is 0 Å². The number of ether oxygens (including phenoxy) is 2. The number of esters is 2. The smallest absolute Gasteiger partial charge is 0.306 e. The van der Waals surface area contributed by atoms with Crippen LogP contribution in [0.3, 0.4) is 0 Å². The minimum absolute atomic E-state index is 0.0770. The maximum Gasteiger partial charge on any atom is 0.306 e. The average Bonchev–Trinajstić information content (AvgIpc) is 3.23. The molecule has 1 unspecified atom stereocenters. The first-order valence-electron chi connectivity index (χ1n) is 23.8. The molecule has 0 aromatic rings. The molecule has 1 N–H and O–H groups in total. The fourth-order valence-electron chi connectivity index (χ4n) is 6.36. The van der Waals surface area contributed by atoms with Crippen molar-refractivity contribution in [2.45, 2.75) is 213 Å². The first kappa shape index (κ1) is 54.8. The Hall–Kier alpha value is -3.18. The monoisotopic (exact) mass is 805 g/mol. The van der Waals surface area contributed by atoms with Gasteiger partial charge in [0.15, 0.2) is 6.10 Å². The highest BCUT2D eigenvalue weighted by atomic mass is 16.6. The molecule has 330 valence electrons. The molecule has 0 saturated carbocycles. The standard InChI is InChI=1S/C53H88O5/c1-3-5-7-9-11-13-15-17-19-21-22-23-24-25-26-27-28-29-30-32-34-36-38-40-42-44-46-48-53(56)58-51(49-54)50-57-52(55)47-45-43-41-39-37-35-33-31-20-18-16-14-12-10-8-6-4-2/h5-8,11-14,17-20,22-23,25-26,51,54H,3-4,9-10,15-16,21,24,27-50H2,1-2H3/b7-5-,8-6-,13-11-,14-12-,19-17-,20-18-,23-22-,26-25-. The zero-order valence-electron chi connectivity index (χ0n) is 37.5. The lowest BCUT2D eigenvalue weighted by Crippen LogP contribution is -2.28. The zero-order valence-corrected chi connectivity index (χ0v) is 37.5. The van der Waals surface area contributed by atoms with Crippen LogP contribution >= 0.6 is 0 Å². The molecule has 0 rings (SSSR count). The van der Waals surface area contributed by atoms with Gasteiger partial charge in [0.2, 0.25) is 0 Å². The Kier molecular flexibility index (Phi) is 45.5. The molecule has 0 aliphatic carbocycles. The molecule has 58 heavy (non-hydrogen) atoms. The molecule has 0 saturated heterocycles. The van der Waals surface area contributed by atoms with Crippen molar-refractivity contribution in [2.24, 2.45) is 0 Å². The molecular weight excluding hydrogens is 717 g/mol. The van der Waals surface area contributed by atoms with Gasteiger partial charge in [0.1, 0.15) is 6.61 Å². The number of hydrogen-bond acceptors (Lipinski definition) is 5. The van der Waals surface area contributed by atoms with E-state index in [-0.39, 0.29) is 25.2 Å². The van der Waals surface area contributed by atoms with E-state index in [2.05, 4.69) is 111 Å². The molecule has 0 radical (unpaired) electrons. The Bertz CT molecular complexity index is 1140. The maximum absolute atomic E-state index is 12.3. The summed E-state index contributed by atoms with van der Waals surface area (Å²) < 4.78 is 10.7. The molecule has 0 aliphatic heterocycles. The molecule has 0 heterocycles. The van der Waals surface area contributed by atoms with Crippen LogP contribution in [0.4, 0.5) is 0 Å². The van der Waals surface area contributed by atoms with Crippen molar-refractivity contribution in [3.63, 3.8) is 0 Å². The highest BCUT2D eigenvalue weighted by Crippen LogP contribution is 2.14. The molecule has 0 fully saturated rings. The summed E-state index contributed by atoms with van der Waals surface area (Å²) in [6.45, 7) is 3.90. The van der Waals surface area contributed by atoms with Crippen LogP contribution in [-0.2, 0) is 19.1 Å². The van der Waals surface area contributed by atoms with Crippen molar-refractivity contribution in [2.75, 3.05) is 13.2 Å². The van der Waals surface area contributed by atoms with E-state index >= 15 is 0 Å². The Labute approximate surface area is 358 Å². The number of carbonyl (C=O) groups excluding carboxylic acids is 2. The van der Waals surface area contributed by atoms with Gasteiger partial charge >= 0.3 is 11.9 Å². The van der Waals surface area contributed by atoms with Gasteiger partial charge in [-0.3, -0.25) is 9.59 Å². The molecular formula is C53H88O5. The largest absolute Gasteiger partial charge is 0.462 e. The van der Waals surface area contributed by atoms with Gasteiger partial charge in [-0.2, -0.15) is 0 Å². The van der Waals surface area contributed by atoms with E-state index in [0.717, 1.165) is 96.3 Å². The van der Waals surface area contributed by atoms with Crippen LogP contribution in [0.15, 0.2) is 97.2 Å². The molecule has 5 heteroatoms. The minimum Gasteiger partial charge on any atom is -0.462 e. The summed E-state index contributed by atoms with van der Waals surface area (Å²) in [6, 6.07) is 0. The maximum atomic E-state index is 12.3. The molecule has 0 aliphatic rings. The van der Waals surface area contributed by atoms with Gasteiger partial charge in [0, 0.05) is 12.8 Å². The third-order valence-electron chi connectivity index (χ3n) is 9.87. The van der Waals surface area contributed by atoms with Crippen LogP contribution < -0.4 is 0 Å². The van der Waals surface area contributed by atoms with Gasteiger partial charge in [-0.25, -0.2) is 0 Å². The van der Waals surface area contributed by atoms with E-state index in [9.17, 15) is 14.7 Å². The SMILES string of the molecule is CC/C=C\C/C=C\C/C=C\C/C=C\C/C=C\CCCCCCCCCCCCCC(=O)OC(CO)COC(=O)CCCCCCCCC/C=C\C/C=C\C/C=C\CC. The molecule has 0 aromatic carbocycles. The third kappa shape index (κ3) is 45.5. The highest BCUT2D eigenvalue weighted by Gasteiger charge is 2.16. The fraction of sp³-hybridized carbons (Fsp3) is 0.660. The summed E-state index contributed by atoms with van der Waals surface area (Å²) in [5.74, 6) is -0.610. The highest BCUT2D eigenvalue weighted by molar-refractivity contribution is 5.70. The Morgan fingerprint density at radius 2 is 0.690 bits per heavy atom. The van der Waals surface area contributed by atoms with E-state index < -0.39 is 6.10 Å². The van der Waals surface area contributed by atoms with E-state index in [4.69, 9.17) is 9.47 Å². The van der Waals surface area contributed by atoms with Gasteiger partial charge in [-0.15, -0.1) is 0 Å². The summed E-state index contributed by atoms with van der Waals surface area (Å²) in [5, 5.41) is 9.61. The van der Waals surface area contributed by atoms with Crippen LogP contribution in [0, 0.1) is 0 Å². The van der Waals surface area contributed by atoms with Crippen molar-refractivity contribution in [1.29, 1.82) is 0 Å².